The molecule has 0 atom stereocenters. The number of ether oxygens (including phenoxy) is 1. The van der Waals surface area contributed by atoms with Gasteiger partial charge in [0.2, 0.25) is 0 Å². The maximum absolute atomic E-state index is 5.87. The molecule has 0 aliphatic carbocycles. The Morgan fingerprint density at radius 1 is 1.38 bits per heavy atom. The fraction of sp³-hybridized carbons (Fsp3) is 1.00. The first-order chi connectivity index (χ1) is 6.16. The topological polar surface area (TPSA) is 24.5 Å². The van der Waals surface area contributed by atoms with Gasteiger partial charge in [-0.2, -0.15) is 0 Å². The first-order valence-corrected chi connectivity index (χ1v) is 5.13. The molecule has 0 spiro atoms. The third kappa shape index (κ3) is 3.63. The van der Waals surface area contributed by atoms with Gasteiger partial charge in [-0.25, -0.2) is 0 Å². The van der Waals surface area contributed by atoms with Gasteiger partial charge in [-0.3, -0.25) is 0 Å². The largest absolute Gasteiger partial charge is 0.374 e. The van der Waals surface area contributed by atoms with Crippen LogP contribution in [-0.4, -0.2) is 50.8 Å². The van der Waals surface area contributed by atoms with E-state index in [4.69, 9.17) is 4.74 Å². The average molecular weight is 186 g/mol. The molecule has 0 amide bonds. The summed E-state index contributed by atoms with van der Waals surface area (Å²) in [6.45, 7) is 6.34. The number of likely N-dealkylation sites (tertiary alicyclic amines) is 1. The summed E-state index contributed by atoms with van der Waals surface area (Å²) < 4.78 is 5.87. The van der Waals surface area contributed by atoms with Gasteiger partial charge in [0.05, 0.1) is 12.2 Å². The molecule has 3 heteroatoms. The van der Waals surface area contributed by atoms with Gasteiger partial charge in [0, 0.05) is 19.6 Å². The quantitative estimate of drug-likeness (QED) is 0.654. The number of rotatable bonds is 4. The van der Waals surface area contributed by atoms with E-state index >= 15 is 0 Å². The molecule has 1 aliphatic heterocycles. The fourth-order valence-corrected chi connectivity index (χ4v) is 1.64. The first-order valence-electron chi connectivity index (χ1n) is 5.13. The Hall–Kier alpha value is -0.120. The molecule has 1 fully saturated rings. The molecule has 0 radical (unpaired) electrons. The van der Waals surface area contributed by atoms with Crippen molar-refractivity contribution in [1.29, 1.82) is 0 Å². The number of likely N-dealkylation sites (N-methyl/N-ethyl adjacent to an activating group) is 1. The molecule has 1 N–H and O–H groups in total. The van der Waals surface area contributed by atoms with Crippen molar-refractivity contribution in [1.82, 2.24) is 10.2 Å². The molecular formula is C10H22N2O. The van der Waals surface area contributed by atoms with E-state index in [9.17, 15) is 0 Å². The lowest BCUT2D eigenvalue weighted by Crippen LogP contribution is -2.43. The molecule has 78 valence electrons. The molecular weight excluding hydrogens is 164 g/mol. The lowest BCUT2D eigenvalue weighted by Gasteiger charge is -2.37. The second kappa shape index (κ2) is 4.94. The van der Waals surface area contributed by atoms with E-state index in [0.717, 1.165) is 39.1 Å². The third-order valence-electron chi connectivity index (χ3n) is 2.85. The summed E-state index contributed by atoms with van der Waals surface area (Å²) in [4.78, 5) is 2.36. The Kier molecular flexibility index (Phi) is 4.16. The van der Waals surface area contributed by atoms with E-state index in [2.05, 4.69) is 24.2 Å². The predicted octanol–water partition coefficient (Wildman–Crippen LogP) is 0.707. The van der Waals surface area contributed by atoms with Gasteiger partial charge in [-0.1, -0.05) is 0 Å². The van der Waals surface area contributed by atoms with Crippen LogP contribution in [0.1, 0.15) is 19.8 Å². The second-order valence-electron chi connectivity index (χ2n) is 4.21. The normalized spacial score (nSPS) is 23.3. The molecule has 3 nitrogen and oxygen atoms in total. The highest BCUT2D eigenvalue weighted by molar-refractivity contribution is 4.82. The van der Waals surface area contributed by atoms with Crippen molar-refractivity contribution >= 4 is 0 Å². The van der Waals surface area contributed by atoms with Crippen LogP contribution in [0.5, 0.6) is 0 Å². The monoisotopic (exact) mass is 186 g/mol. The van der Waals surface area contributed by atoms with Crippen LogP contribution >= 0.6 is 0 Å². The minimum Gasteiger partial charge on any atom is -0.374 e. The van der Waals surface area contributed by atoms with Crippen molar-refractivity contribution in [2.45, 2.75) is 25.4 Å². The van der Waals surface area contributed by atoms with E-state index < -0.39 is 0 Å². The number of piperidine rings is 1. The molecule has 0 aromatic heterocycles. The van der Waals surface area contributed by atoms with Gasteiger partial charge in [-0.15, -0.1) is 0 Å². The SMILES string of the molecule is CNCCOC1(C)CCN(C)CC1. The Labute approximate surface area is 81.4 Å². The number of hydrogen-bond acceptors (Lipinski definition) is 3. The third-order valence-corrected chi connectivity index (χ3v) is 2.85. The zero-order valence-corrected chi connectivity index (χ0v) is 9.10. The summed E-state index contributed by atoms with van der Waals surface area (Å²) >= 11 is 0. The minimum atomic E-state index is 0.128. The van der Waals surface area contributed by atoms with Gasteiger partial charge in [0.1, 0.15) is 0 Å². The second-order valence-corrected chi connectivity index (χ2v) is 4.21. The van der Waals surface area contributed by atoms with Crippen LogP contribution in [0.4, 0.5) is 0 Å². The van der Waals surface area contributed by atoms with E-state index in [1.807, 2.05) is 7.05 Å². The van der Waals surface area contributed by atoms with E-state index in [-0.39, 0.29) is 5.60 Å². The van der Waals surface area contributed by atoms with Gasteiger partial charge < -0.3 is 15.0 Å². The van der Waals surface area contributed by atoms with E-state index in [1.165, 1.54) is 0 Å². The minimum absolute atomic E-state index is 0.128. The Balaban J connectivity index is 2.22. The van der Waals surface area contributed by atoms with Crippen LogP contribution in [0.15, 0.2) is 0 Å². The average Bonchev–Trinajstić information content (AvgIpc) is 2.12. The molecule has 0 unspecified atom stereocenters. The summed E-state index contributed by atoms with van der Waals surface area (Å²) in [6.07, 6.45) is 2.32. The fourth-order valence-electron chi connectivity index (χ4n) is 1.64. The summed E-state index contributed by atoms with van der Waals surface area (Å²) in [7, 11) is 4.13. The van der Waals surface area contributed by atoms with Gasteiger partial charge in [-0.05, 0) is 33.9 Å². The molecule has 13 heavy (non-hydrogen) atoms. The van der Waals surface area contributed by atoms with E-state index in [0.29, 0.717) is 0 Å². The summed E-state index contributed by atoms with van der Waals surface area (Å²) in [5.41, 5.74) is 0.128. The van der Waals surface area contributed by atoms with Gasteiger partial charge in [0.25, 0.3) is 0 Å². The van der Waals surface area contributed by atoms with Crippen LogP contribution in [0, 0.1) is 0 Å². The smallest absolute Gasteiger partial charge is 0.0679 e. The van der Waals surface area contributed by atoms with Crippen LogP contribution in [0.2, 0.25) is 0 Å². The van der Waals surface area contributed by atoms with Crippen molar-refractivity contribution < 1.29 is 4.74 Å². The molecule has 1 rings (SSSR count). The van der Waals surface area contributed by atoms with Crippen LogP contribution < -0.4 is 5.32 Å². The van der Waals surface area contributed by atoms with Gasteiger partial charge in [0.15, 0.2) is 0 Å². The van der Waals surface area contributed by atoms with Crippen LogP contribution in [-0.2, 0) is 4.74 Å². The predicted molar refractivity (Wildman–Crippen MR) is 55.0 cm³/mol. The zero-order chi connectivity index (χ0) is 9.73. The molecule has 0 saturated carbocycles. The molecule has 1 saturated heterocycles. The van der Waals surface area contributed by atoms with Crippen LogP contribution in [0.3, 0.4) is 0 Å². The highest BCUT2D eigenvalue weighted by Crippen LogP contribution is 2.24. The summed E-state index contributed by atoms with van der Waals surface area (Å²) in [5.74, 6) is 0. The van der Waals surface area contributed by atoms with Crippen molar-refractivity contribution in [2.75, 3.05) is 40.3 Å². The molecule has 1 heterocycles. The maximum atomic E-state index is 5.87. The number of nitrogens with zero attached hydrogens (tertiary/aromatic N) is 1. The standard InChI is InChI=1S/C10H22N2O/c1-10(13-9-6-11-2)4-7-12(3)8-5-10/h11H,4-9H2,1-3H3. The molecule has 0 aromatic rings. The maximum Gasteiger partial charge on any atom is 0.0679 e. The molecule has 0 bridgehead atoms. The van der Waals surface area contributed by atoms with Crippen molar-refractivity contribution in [3.05, 3.63) is 0 Å². The molecule has 0 aromatic carbocycles. The first kappa shape index (κ1) is 11.0. The Morgan fingerprint density at radius 2 is 2.00 bits per heavy atom. The van der Waals surface area contributed by atoms with Crippen molar-refractivity contribution in [3.8, 4) is 0 Å². The van der Waals surface area contributed by atoms with Gasteiger partial charge >= 0.3 is 0 Å². The lowest BCUT2D eigenvalue weighted by atomic mass is 9.94. The number of nitrogens with one attached hydrogen (secondary N) is 1. The lowest BCUT2D eigenvalue weighted by molar-refractivity contribution is -0.0657. The highest BCUT2D eigenvalue weighted by atomic mass is 16.5. The molecule has 1 aliphatic rings. The summed E-state index contributed by atoms with van der Waals surface area (Å²) in [6, 6.07) is 0. The number of hydrogen-bond donors (Lipinski definition) is 1. The Bertz CT molecular complexity index is 142. The zero-order valence-electron chi connectivity index (χ0n) is 9.10. The summed E-state index contributed by atoms with van der Waals surface area (Å²) in [5, 5.41) is 3.10. The Morgan fingerprint density at radius 3 is 2.54 bits per heavy atom. The highest BCUT2D eigenvalue weighted by Gasteiger charge is 2.29. The van der Waals surface area contributed by atoms with Crippen LogP contribution in [0.25, 0.3) is 0 Å². The van der Waals surface area contributed by atoms with E-state index in [1.54, 1.807) is 0 Å². The van der Waals surface area contributed by atoms with Crippen molar-refractivity contribution in [3.63, 3.8) is 0 Å². The van der Waals surface area contributed by atoms with Crippen molar-refractivity contribution in [2.24, 2.45) is 0 Å².